The Kier molecular flexibility index (Phi) is 8.97. The van der Waals surface area contributed by atoms with E-state index in [9.17, 15) is 14.7 Å². The van der Waals surface area contributed by atoms with Gasteiger partial charge in [0.25, 0.3) is 0 Å². The maximum absolute atomic E-state index is 13.5. The Morgan fingerprint density at radius 1 is 1.12 bits per heavy atom. The van der Waals surface area contributed by atoms with Crippen LogP contribution >= 0.6 is 0 Å². The van der Waals surface area contributed by atoms with Crippen molar-refractivity contribution in [3.63, 3.8) is 0 Å². The molecule has 0 aromatic carbocycles. The summed E-state index contributed by atoms with van der Waals surface area (Å²) in [5.41, 5.74) is -0.183. The smallest absolute Gasteiger partial charge is 0.307 e. The fourth-order valence-electron chi connectivity index (χ4n) is 12.4. The third-order valence-electron chi connectivity index (χ3n) is 15.8. The van der Waals surface area contributed by atoms with E-state index in [1.165, 1.54) is 5.57 Å². The topological polar surface area (TPSA) is 116 Å². The van der Waals surface area contributed by atoms with Crippen LogP contribution in [0.4, 0.5) is 0 Å². The molecule has 274 valence electrons. The number of fused-ring (bicyclic) bond motifs is 3. The van der Waals surface area contributed by atoms with Crippen LogP contribution in [0.2, 0.25) is 0 Å². The minimum atomic E-state index is -0.638. The first-order chi connectivity index (χ1) is 22.7. The van der Waals surface area contributed by atoms with E-state index in [0.717, 1.165) is 38.5 Å². The number of carboxylic acids is 1. The highest BCUT2D eigenvalue weighted by molar-refractivity contribution is 5.90. The molecule has 2 heterocycles. The van der Waals surface area contributed by atoms with E-state index in [1.807, 2.05) is 18.7 Å². The number of hydrogen-bond donors (Lipinski definition) is 2. The van der Waals surface area contributed by atoms with Gasteiger partial charge in [-0.15, -0.1) is 0 Å². The lowest BCUT2D eigenvalue weighted by Gasteiger charge is -2.71. The first-order valence-electron chi connectivity index (χ1n) is 19.0. The van der Waals surface area contributed by atoms with Crippen LogP contribution < -0.4 is 5.32 Å². The van der Waals surface area contributed by atoms with Crippen LogP contribution in [0.25, 0.3) is 0 Å². The molecule has 11 atom stereocenters. The number of carboxylic acid groups (broad SMARTS) is 1. The fraction of sp³-hybridized carbons (Fsp3) is 0.850. The summed E-state index contributed by atoms with van der Waals surface area (Å²) in [7, 11) is 1.96. The van der Waals surface area contributed by atoms with Crippen molar-refractivity contribution in [2.24, 2.45) is 56.7 Å². The van der Waals surface area contributed by atoms with Gasteiger partial charge in [-0.3, -0.25) is 9.59 Å². The molecule has 1 aromatic rings. The van der Waals surface area contributed by atoms with Crippen LogP contribution in [0.3, 0.4) is 0 Å². The zero-order chi connectivity index (χ0) is 36.1. The summed E-state index contributed by atoms with van der Waals surface area (Å²) in [6.45, 7) is 25.6. The average Bonchev–Trinajstić information content (AvgIpc) is 3.42. The lowest BCUT2D eigenvalue weighted by molar-refractivity contribution is -0.252. The second kappa shape index (κ2) is 12.0. The third-order valence-corrected chi connectivity index (χ3v) is 15.8. The van der Waals surface area contributed by atoms with Crippen LogP contribution in [0, 0.1) is 63.6 Å². The van der Waals surface area contributed by atoms with Crippen molar-refractivity contribution in [2.75, 3.05) is 26.9 Å². The lowest BCUT2D eigenvalue weighted by Crippen LogP contribution is -2.69. The molecule has 1 saturated heterocycles. The number of allylic oxidation sites excluding steroid dienone is 1. The first-order valence-corrected chi connectivity index (χ1v) is 19.0. The van der Waals surface area contributed by atoms with Crippen molar-refractivity contribution in [1.82, 2.24) is 20.1 Å². The molecule has 1 aromatic heterocycles. The van der Waals surface area contributed by atoms with E-state index in [0.29, 0.717) is 49.2 Å². The normalized spacial score (nSPS) is 42.5. The molecular formula is C40H64N4O5. The number of hydrogen-bond acceptors (Lipinski definition) is 7. The molecule has 49 heavy (non-hydrogen) atoms. The van der Waals surface area contributed by atoms with Crippen LogP contribution in [0.1, 0.15) is 130 Å². The largest absolute Gasteiger partial charge is 0.481 e. The van der Waals surface area contributed by atoms with Crippen molar-refractivity contribution in [3.8, 4) is 0 Å². The van der Waals surface area contributed by atoms with Crippen molar-refractivity contribution in [1.29, 1.82) is 0 Å². The van der Waals surface area contributed by atoms with E-state index in [2.05, 4.69) is 78.7 Å². The highest BCUT2D eigenvalue weighted by Gasteiger charge is 2.72. The van der Waals surface area contributed by atoms with Crippen LogP contribution in [0.15, 0.2) is 11.6 Å². The van der Waals surface area contributed by atoms with Gasteiger partial charge in [0.1, 0.15) is 5.82 Å². The maximum atomic E-state index is 13.5. The highest BCUT2D eigenvalue weighted by atomic mass is 16.5. The van der Waals surface area contributed by atoms with Gasteiger partial charge in [-0.2, -0.15) is 5.10 Å². The molecule has 3 saturated carbocycles. The Bertz CT molecular complexity index is 1520. The number of ether oxygens (including phenoxy) is 2. The number of aryl methyl sites for hydroxylation is 1. The minimum Gasteiger partial charge on any atom is -0.481 e. The summed E-state index contributed by atoms with van der Waals surface area (Å²) < 4.78 is 15.6. The Hall–Kier alpha value is -2.10. The molecule has 4 aliphatic carbocycles. The number of aromatic nitrogens is 3. The molecule has 6 rings (SSSR count). The van der Waals surface area contributed by atoms with Crippen LogP contribution in [-0.2, 0) is 14.3 Å². The molecular weight excluding hydrogens is 616 g/mol. The third kappa shape index (κ3) is 5.16. The summed E-state index contributed by atoms with van der Waals surface area (Å²) in [6.07, 6.45) is 7.78. The molecule has 4 fully saturated rings. The Morgan fingerprint density at radius 3 is 2.43 bits per heavy atom. The van der Waals surface area contributed by atoms with Crippen molar-refractivity contribution in [2.45, 2.75) is 132 Å². The van der Waals surface area contributed by atoms with E-state index >= 15 is 0 Å². The summed E-state index contributed by atoms with van der Waals surface area (Å²) in [4.78, 5) is 31.1. The van der Waals surface area contributed by atoms with Gasteiger partial charge in [0.2, 0.25) is 0 Å². The fourth-order valence-corrected chi connectivity index (χ4v) is 12.4. The van der Waals surface area contributed by atoms with Gasteiger partial charge in [0, 0.05) is 23.3 Å². The standard InChI is InChI=1S/C40H64N4O5/c1-23(2)24(3)36(8)17-18-38(10)27-13-14-30-37(9)21-48-22-40(30,28(27)15-16-39(38,11)31(36)34(46)47)19-29(32(37)49-20-35(6,7)41-12)44-33(25(4)45)42-26(5)43-44/h15,23-24,27,29-32,41H,13-14,16-22H2,1-12H3,(H,46,47)/t24-,27?,29-,30+,31-,32+,36-,37+,38-,39+,40+/m1/s1. The maximum Gasteiger partial charge on any atom is 0.307 e. The molecule has 0 spiro atoms. The van der Waals surface area contributed by atoms with Gasteiger partial charge in [-0.05, 0) is 106 Å². The predicted octanol–water partition coefficient (Wildman–Crippen LogP) is 7.30. The summed E-state index contributed by atoms with van der Waals surface area (Å²) in [6, 6.07) is -0.202. The van der Waals surface area contributed by atoms with Crippen molar-refractivity contribution >= 4 is 11.8 Å². The average molecular weight is 681 g/mol. The zero-order valence-corrected chi connectivity index (χ0v) is 32.4. The van der Waals surface area contributed by atoms with E-state index in [-0.39, 0.29) is 56.5 Å². The number of likely N-dealkylation sites (N-methyl/N-ethyl adjacent to an activating group) is 1. The van der Waals surface area contributed by atoms with Gasteiger partial charge in [0.05, 0.1) is 37.9 Å². The van der Waals surface area contributed by atoms with Crippen LogP contribution in [-0.4, -0.2) is 70.1 Å². The summed E-state index contributed by atoms with van der Waals surface area (Å²) >= 11 is 0. The van der Waals surface area contributed by atoms with E-state index < -0.39 is 11.9 Å². The van der Waals surface area contributed by atoms with Gasteiger partial charge < -0.3 is 19.9 Å². The second-order valence-corrected chi connectivity index (χ2v) is 19.0. The molecule has 9 nitrogen and oxygen atoms in total. The summed E-state index contributed by atoms with van der Waals surface area (Å²) in [5, 5.41) is 19.4. The van der Waals surface area contributed by atoms with E-state index in [4.69, 9.17) is 14.6 Å². The number of ketones is 1. The second-order valence-electron chi connectivity index (χ2n) is 19.0. The quantitative estimate of drug-likeness (QED) is 0.206. The van der Waals surface area contributed by atoms with Gasteiger partial charge >= 0.3 is 5.97 Å². The molecule has 2 N–H and O–H groups in total. The van der Waals surface area contributed by atoms with Gasteiger partial charge in [0.15, 0.2) is 11.6 Å². The molecule has 0 radical (unpaired) electrons. The number of carbonyl (C=O) groups is 2. The van der Waals surface area contributed by atoms with Crippen molar-refractivity contribution < 1.29 is 24.2 Å². The molecule has 2 bridgehead atoms. The van der Waals surface area contributed by atoms with Crippen molar-refractivity contribution in [3.05, 3.63) is 23.3 Å². The minimum absolute atomic E-state index is 0.0941. The molecule has 9 heteroatoms. The molecule has 1 unspecified atom stereocenters. The highest BCUT2D eigenvalue weighted by Crippen LogP contribution is 2.75. The predicted molar refractivity (Wildman–Crippen MR) is 190 cm³/mol. The van der Waals surface area contributed by atoms with Crippen LogP contribution in [0.5, 0.6) is 0 Å². The number of rotatable bonds is 9. The number of carbonyl (C=O) groups excluding carboxylic acids is 1. The Balaban J connectivity index is 1.49. The molecule has 1 aliphatic heterocycles. The number of nitrogens with zero attached hydrogens (tertiary/aromatic N) is 3. The molecule has 0 amide bonds. The number of aliphatic carboxylic acids is 1. The lowest BCUT2D eigenvalue weighted by atomic mass is 9.34. The number of nitrogens with one attached hydrogen (secondary N) is 1. The Labute approximate surface area is 294 Å². The number of Topliss-reactive ketones (excluding diaryl/α,β-unsaturated/α-hetero) is 1. The SMILES string of the molecule is CNC(C)(C)CO[C@H]1[C@H](n2nc(C)nc2C(C)=O)C[C@@]23COC[C@@]1(C)[C@@H]2CCC1C3=CC[C@@]2(C)[C@H](C(=O)O)[C@@](C)([C@H](C)C(C)C)CC[C@]12C. The monoisotopic (exact) mass is 680 g/mol. The zero-order valence-electron chi connectivity index (χ0n) is 32.4. The van der Waals surface area contributed by atoms with E-state index in [1.54, 1.807) is 6.92 Å². The van der Waals surface area contributed by atoms with Gasteiger partial charge in [-0.25, -0.2) is 9.67 Å². The summed E-state index contributed by atoms with van der Waals surface area (Å²) in [5.74, 6) is 1.13. The molecule has 5 aliphatic rings. The Morgan fingerprint density at radius 2 is 1.82 bits per heavy atom. The van der Waals surface area contributed by atoms with Gasteiger partial charge in [-0.1, -0.05) is 60.1 Å². The first kappa shape index (κ1) is 36.7.